The lowest BCUT2D eigenvalue weighted by atomic mass is 9.84. The number of hydrogen-bond acceptors (Lipinski definition) is 6. The second kappa shape index (κ2) is 9.33. The van der Waals surface area contributed by atoms with Gasteiger partial charge in [0.2, 0.25) is 0 Å². The number of likely N-dealkylation sites (tertiary alicyclic amines) is 1. The third kappa shape index (κ3) is 4.37. The molecule has 2 fully saturated rings. The Balaban J connectivity index is 1.29. The monoisotopic (exact) mass is 433 g/mol. The molecule has 2 unspecified atom stereocenters. The lowest BCUT2D eigenvalue weighted by Crippen LogP contribution is -2.54. The number of anilines is 1. The van der Waals surface area contributed by atoms with E-state index in [1.54, 1.807) is 0 Å². The zero-order chi connectivity index (χ0) is 21.9. The maximum Gasteiger partial charge on any atom is 0.163 e. The van der Waals surface area contributed by atoms with Crippen molar-refractivity contribution >= 4 is 23.9 Å². The largest absolute Gasteiger partial charge is 0.486 e. The summed E-state index contributed by atoms with van der Waals surface area (Å²) in [7, 11) is 0. The van der Waals surface area contributed by atoms with Crippen molar-refractivity contribution in [2.45, 2.75) is 50.7 Å². The van der Waals surface area contributed by atoms with E-state index in [1.165, 1.54) is 19.3 Å². The average Bonchev–Trinajstić information content (AvgIpc) is 2.79. The Kier molecular flexibility index (Phi) is 6.12. The molecule has 0 spiro atoms. The minimum atomic E-state index is 0.177. The Bertz CT molecular complexity index is 988. The summed E-state index contributed by atoms with van der Waals surface area (Å²) in [5, 5.41) is 3.73. The highest BCUT2D eigenvalue weighted by Gasteiger charge is 2.36. The molecule has 2 aromatic carbocycles. The molecular weight excluding hydrogens is 402 g/mol. The van der Waals surface area contributed by atoms with Crippen molar-refractivity contribution in [1.82, 2.24) is 4.90 Å². The van der Waals surface area contributed by atoms with Crippen molar-refractivity contribution in [1.29, 1.82) is 0 Å². The number of hydrogen-bond donors (Lipinski definition) is 1. The lowest BCUT2D eigenvalue weighted by molar-refractivity contribution is 0.0415. The van der Waals surface area contributed by atoms with E-state index in [0.29, 0.717) is 42.9 Å². The van der Waals surface area contributed by atoms with Gasteiger partial charge in [-0.25, -0.2) is 0 Å². The van der Waals surface area contributed by atoms with E-state index in [1.807, 2.05) is 36.4 Å². The number of Topliss-reactive ketones (excluding diaryl/α,β-unsaturated/α-hetero) is 1. The molecule has 1 aliphatic carbocycles. The number of ether oxygens (including phenoxy) is 2. The van der Waals surface area contributed by atoms with Crippen molar-refractivity contribution in [2.75, 3.05) is 25.1 Å². The van der Waals surface area contributed by atoms with E-state index in [9.17, 15) is 4.79 Å². The number of carbonyl (C=O) groups is 1. The fraction of sp³-hybridized carbons (Fsp3) is 0.462. The molecule has 2 aromatic rings. The van der Waals surface area contributed by atoms with E-state index in [4.69, 9.17) is 9.47 Å². The zero-order valence-corrected chi connectivity index (χ0v) is 18.5. The molecule has 1 N–H and O–H groups in total. The summed E-state index contributed by atoms with van der Waals surface area (Å²) in [6.45, 7) is 5.82. The highest BCUT2D eigenvalue weighted by atomic mass is 16.6. The Morgan fingerprint density at radius 2 is 1.91 bits per heavy atom. The number of ketones is 1. The number of nitrogens with one attached hydrogen (secondary N) is 1. The van der Waals surface area contributed by atoms with Crippen molar-refractivity contribution < 1.29 is 14.3 Å². The molecule has 1 saturated heterocycles. The summed E-state index contributed by atoms with van der Waals surface area (Å²) < 4.78 is 11.2. The molecule has 0 amide bonds. The van der Waals surface area contributed by atoms with Gasteiger partial charge in [-0.3, -0.25) is 14.7 Å². The molecule has 5 rings (SSSR count). The van der Waals surface area contributed by atoms with E-state index in [0.717, 1.165) is 36.5 Å². The number of para-hydroxylation sites is 2. The van der Waals surface area contributed by atoms with Gasteiger partial charge in [-0.1, -0.05) is 18.6 Å². The van der Waals surface area contributed by atoms with Crippen molar-refractivity contribution in [3.05, 3.63) is 48.0 Å². The van der Waals surface area contributed by atoms with Gasteiger partial charge in [-0.05, 0) is 68.7 Å². The van der Waals surface area contributed by atoms with Crippen LogP contribution < -0.4 is 14.8 Å². The maximum absolute atomic E-state index is 13.1. The van der Waals surface area contributed by atoms with E-state index < -0.39 is 0 Å². The molecule has 6 nitrogen and oxygen atoms in total. The zero-order valence-electron chi connectivity index (χ0n) is 18.5. The van der Waals surface area contributed by atoms with Crippen LogP contribution in [0, 0.1) is 5.92 Å². The number of carbonyl (C=O) groups excluding carboxylic acids is 1. The lowest BCUT2D eigenvalue weighted by Gasteiger charge is -2.47. The first kappa shape index (κ1) is 21.0. The van der Waals surface area contributed by atoms with Crippen LogP contribution in [0.2, 0.25) is 0 Å². The summed E-state index contributed by atoms with van der Waals surface area (Å²) in [6, 6.07) is 14.2. The van der Waals surface area contributed by atoms with E-state index >= 15 is 0 Å². The molecule has 3 aliphatic rings. The van der Waals surface area contributed by atoms with Crippen LogP contribution in [0.5, 0.6) is 11.5 Å². The number of aliphatic imine (C=N–C) groups is 1. The molecule has 2 atom stereocenters. The molecule has 168 valence electrons. The molecule has 2 aliphatic heterocycles. The van der Waals surface area contributed by atoms with Gasteiger partial charge in [0.05, 0.1) is 17.5 Å². The summed E-state index contributed by atoms with van der Waals surface area (Å²) in [6.07, 6.45) is 6.59. The first-order chi connectivity index (χ1) is 15.7. The van der Waals surface area contributed by atoms with Crippen LogP contribution in [0.1, 0.15) is 48.9 Å². The Morgan fingerprint density at radius 1 is 1.09 bits per heavy atom. The van der Waals surface area contributed by atoms with Crippen LogP contribution >= 0.6 is 0 Å². The van der Waals surface area contributed by atoms with Crippen LogP contribution in [0.3, 0.4) is 0 Å². The third-order valence-electron chi connectivity index (χ3n) is 7.03. The minimum Gasteiger partial charge on any atom is -0.486 e. The second-order valence-electron chi connectivity index (χ2n) is 9.03. The molecular formula is C26H31N3O3. The van der Waals surface area contributed by atoms with Gasteiger partial charge < -0.3 is 14.8 Å². The van der Waals surface area contributed by atoms with E-state index in [-0.39, 0.29) is 11.9 Å². The number of nitrogens with zero attached hydrogens (tertiary/aromatic N) is 2. The number of benzene rings is 2. The van der Waals surface area contributed by atoms with E-state index in [2.05, 4.69) is 28.0 Å². The summed E-state index contributed by atoms with van der Waals surface area (Å²) in [5.74, 6) is 1.92. The summed E-state index contributed by atoms with van der Waals surface area (Å²) in [4.78, 5) is 19.9. The summed E-state index contributed by atoms with van der Waals surface area (Å²) in [5.41, 5.74) is 2.59. The molecule has 0 bridgehead atoms. The predicted octanol–water partition coefficient (Wildman–Crippen LogP) is 5.07. The molecule has 2 heterocycles. The van der Waals surface area contributed by atoms with Crippen molar-refractivity contribution in [3.63, 3.8) is 0 Å². The van der Waals surface area contributed by atoms with Gasteiger partial charge >= 0.3 is 0 Å². The maximum atomic E-state index is 13.1. The van der Waals surface area contributed by atoms with Gasteiger partial charge in [0, 0.05) is 24.6 Å². The first-order valence-electron chi connectivity index (χ1n) is 11.7. The smallest absolute Gasteiger partial charge is 0.163 e. The number of rotatable bonds is 7. The van der Waals surface area contributed by atoms with Crippen LogP contribution in [0.15, 0.2) is 47.5 Å². The van der Waals surface area contributed by atoms with Gasteiger partial charge in [0.15, 0.2) is 17.3 Å². The normalized spacial score (nSPS) is 23.2. The fourth-order valence-corrected chi connectivity index (χ4v) is 5.05. The fourth-order valence-electron chi connectivity index (χ4n) is 5.05. The topological polar surface area (TPSA) is 63.2 Å². The Labute approximate surface area is 189 Å². The number of fused-ring (bicyclic) bond motifs is 1. The van der Waals surface area contributed by atoms with Crippen LogP contribution in [-0.4, -0.2) is 49.4 Å². The molecule has 1 saturated carbocycles. The highest BCUT2D eigenvalue weighted by Crippen LogP contribution is 2.37. The van der Waals surface area contributed by atoms with Gasteiger partial charge in [-0.2, -0.15) is 0 Å². The Morgan fingerprint density at radius 3 is 2.69 bits per heavy atom. The molecule has 6 heteroatoms. The quantitative estimate of drug-likeness (QED) is 0.488. The van der Waals surface area contributed by atoms with Crippen LogP contribution in [-0.2, 0) is 0 Å². The molecule has 0 radical (unpaired) electrons. The second-order valence-corrected chi connectivity index (χ2v) is 9.03. The standard InChI is InChI=1S/C26H31N3O3/c1-27-21-7-2-3-8-22(21)28-26-16-18(11-12-29(26)20-5-4-6-20)15-23(30)19-9-10-24-25(17-19)32-14-13-31-24/h2-3,7-10,17-18,20,26,28H,1,4-6,11-16H2. The Hall–Kier alpha value is -2.86. The summed E-state index contributed by atoms with van der Waals surface area (Å²) >= 11 is 0. The predicted molar refractivity (Wildman–Crippen MR) is 127 cm³/mol. The minimum absolute atomic E-state index is 0.177. The van der Waals surface area contributed by atoms with Crippen molar-refractivity contribution in [3.8, 4) is 11.5 Å². The van der Waals surface area contributed by atoms with Gasteiger partial charge in [0.1, 0.15) is 13.2 Å². The van der Waals surface area contributed by atoms with Crippen LogP contribution in [0.4, 0.5) is 11.4 Å². The van der Waals surface area contributed by atoms with Gasteiger partial charge in [0.25, 0.3) is 0 Å². The average molecular weight is 434 g/mol. The molecule has 0 aromatic heterocycles. The van der Waals surface area contributed by atoms with Crippen molar-refractivity contribution in [2.24, 2.45) is 10.9 Å². The highest BCUT2D eigenvalue weighted by molar-refractivity contribution is 5.96. The third-order valence-corrected chi connectivity index (χ3v) is 7.03. The SMILES string of the molecule is C=Nc1ccccc1NC1CC(CC(=O)c2ccc3c(c2)OCCO3)CCN1C1CCC1. The van der Waals surface area contributed by atoms with Crippen LogP contribution in [0.25, 0.3) is 0 Å². The number of piperidine rings is 1. The van der Waals surface area contributed by atoms with Gasteiger partial charge in [-0.15, -0.1) is 0 Å². The first-order valence-corrected chi connectivity index (χ1v) is 11.7. The molecule has 32 heavy (non-hydrogen) atoms.